The largest absolute Gasteiger partial charge is 0.454 e. The number of ether oxygens (including phenoxy) is 2. The first-order valence-corrected chi connectivity index (χ1v) is 6.73. The topological polar surface area (TPSA) is 30.5 Å². The Balaban J connectivity index is 1.67. The molecule has 1 N–H and O–H groups in total. The molecule has 2 aliphatic rings. The highest BCUT2D eigenvalue weighted by Crippen LogP contribution is 2.32. The van der Waals surface area contributed by atoms with Crippen LogP contribution in [0.2, 0.25) is 0 Å². The number of benzene rings is 1. The second kappa shape index (κ2) is 5.44. The summed E-state index contributed by atoms with van der Waals surface area (Å²) in [6.07, 6.45) is 9.65. The van der Waals surface area contributed by atoms with Gasteiger partial charge < -0.3 is 14.8 Å². The number of fused-ring (bicyclic) bond motifs is 1. The van der Waals surface area contributed by atoms with Crippen molar-refractivity contribution < 1.29 is 9.47 Å². The fourth-order valence-corrected chi connectivity index (χ4v) is 2.46. The molecule has 96 valence electrons. The van der Waals surface area contributed by atoms with Crippen molar-refractivity contribution in [3.8, 4) is 11.5 Å². The van der Waals surface area contributed by atoms with Crippen LogP contribution in [0.3, 0.4) is 0 Å². The molecular weight excluding hydrogens is 226 g/mol. The van der Waals surface area contributed by atoms with Gasteiger partial charge in [0, 0.05) is 6.04 Å². The summed E-state index contributed by atoms with van der Waals surface area (Å²) in [6, 6.07) is 6.59. The van der Waals surface area contributed by atoms with Crippen LogP contribution >= 0.6 is 0 Å². The van der Waals surface area contributed by atoms with E-state index in [2.05, 4.69) is 23.5 Å². The summed E-state index contributed by atoms with van der Waals surface area (Å²) < 4.78 is 10.7. The minimum Gasteiger partial charge on any atom is -0.454 e. The van der Waals surface area contributed by atoms with Gasteiger partial charge in [-0.15, -0.1) is 0 Å². The number of nitrogens with one attached hydrogen (secondary N) is 1. The number of rotatable bonds is 2. The van der Waals surface area contributed by atoms with E-state index < -0.39 is 0 Å². The zero-order chi connectivity index (χ0) is 12.2. The molecule has 2 aliphatic heterocycles. The lowest BCUT2D eigenvalue weighted by molar-refractivity contribution is 0.174. The Bertz CT molecular complexity index is 434. The zero-order valence-electron chi connectivity index (χ0n) is 10.5. The average molecular weight is 245 g/mol. The molecule has 0 aromatic heterocycles. The Kier molecular flexibility index (Phi) is 3.51. The molecule has 0 saturated carbocycles. The highest BCUT2D eigenvalue weighted by atomic mass is 16.7. The van der Waals surface area contributed by atoms with Crippen LogP contribution in [-0.2, 0) is 0 Å². The first kappa shape index (κ1) is 11.6. The normalized spacial score (nSPS) is 23.2. The van der Waals surface area contributed by atoms with Crippen LogP contribution in [0.4, 0.5) is 0 Å². The summed E-state index contributed by atoms with van der Waals surface area (Å²) in [5, 5.41) is 3.56. The quantitative estimate of drug-likeness (QED) is 0.869. The highest BCUT2D eigenvalue weighted by Gasteiger charge is 2.12. The van der Waals surface area contributed by atoms with E-state index in [9.17, 15) is 0 Å². The number of hydrogen-bond donors (Lipinski definition) is 1. The third kappa shape index (κ3) is 2.67. The molecule has 18 heavy (non-hydrogen) atoms. The maximum absolute atomic E-state index is 5.38. The Hall–Kier alpha value is -1.48. The first-order chi connectivity index (χ1) is 8.92. The van der Waals surface area contributed by atoms with Gasteiger partial charge in [-0.05, 0) is 37.1 Å². The van der Waals surface area contributed by atoms with Crippen LogP contribution in [0.1, 0.15) is 31.2 Å². The van der Waals surface area contributed by atoms with Crippen LogP contribution in [0.15, 0.2) is 24.3 Å². The van der Waals surface area contributed by atoms with Crippen molar-refractivity contribution in [1.29, 1.82) is 0 Å². The van der Waals surface area contributed by atoms with E-state index in [1.54, 1.807) is 0 Å². The molecule has 1 fully saturated rings. The van der Waals surface area contributed by atoms with E-state index in [0.717, 1.165) is 18.0 Å². The minimum absolute atomic E-state index is 0.340. The third-order valence-electron chi connectivity index (χ3n) is 3.52. The molecule has 1 aromatic rings. The predicted molar refractivity (Wildman–Crippen MR) is 71.9 cm³/mol. The Morgan fingerprint density at radius 2 is 2.06 bits per heavy atom. The summed E-state index contributed by atoms with van der Waals surface area (Å²) >= 11 is 0. The van der Waals surface area contributed by atoms with E-state index in [1.807, 2.05) is 12.1 Å². The van der Waals surface area contributed by atoms with Gasteiger partial charge in [-0.1, -0.05) is 31.1 Å². The van der Waals surface area contributed by atoms with E-state index in [0.29, 0.717) is 12.8 Å². The molecule has 3 heteroatoms. The van der Waals surface area contributed by atoms with Crippen LogP contribution in [-0.4, -0.2) is 19.4 Å². The van der Waals surface area contributed by atoms with Crippen molar-refractivity contribution in [1.82, 2.24) is 5.32 Å². The molecule has 0 bridgehead atoms. The van der Waals surface area contributed by atoms with Crippen LogP contribution < -0.4 is 14.8 Å². The van der Waals surface area contributed by atoms with Gasteiger partial charge in [0.2, 0.25) is 6.79 Å². The van der Waals surface area contributed by atoms with Gasteiger partial charge in [-0.3, -0.25) is 0 Å². The van der Waals surface area contributed by atoms with E-state index >= 15 is 0 Å². The van der Waals surface area contributed by atoms with Gasteiger partial charge in [-0.2, -0.15) is 0 Å². The van der Waals surface area contributed by atoms with Gasteiger partial charge >= 0.3 is 0 Å². The first-order valence-electron chi connectivity index (χ1n) is 6.73. The van der Waals surface area contributed by atoms with Crippen molar-refractivity contribution >= 4 is 6.08 Å². The molecule has 0 radical (unpaired) electrons. The molecule has 0 spiro atoms. The highest BCUT2D eigenvalue weighted by molar-refractivity contribution is 5.56. The van der Waals surface area contributed by atoms with Gasteiger partial charge in [0.25, 0.3) is 0 Å². The maximum Gasteiger partial charge on any atom is 0.231 e. The maximum atomic E-state index is 5.38. The van der Waals surface area contributed by atoms with Crippen molar-refractivity contribution in [2.24, 2.45) is 0 Å². The van der Waals surface area contributed by atoms with Gasteiger partial charge in [-0.25, -0.2) is 0 Å². The molecule has 1 aromatic carbocycles. The van der Waals surface area contributed by atoms with Crippen molar-refractivity contribution in [3.63, 3.8) is 0 Å². The Morgan fingerprint density at radius 1 is 1.11 bits per heavy atom. The molecular formula is C15H19NO2. The minimum atomic E-state index is 0.340. The molecule has 3 nitrogen and oxygen atoms in total. The second-order valence-electron chi connectivity index (χ2n) is 4.88. The molecule has 2 heterocycles. The van der Waals surface area contributed by atoms with Gasteiger partial charge in [0.15, 0.2) is 11.5 Å². The molecule has 3 rings (SSSR count). The SMILES string of the molecule is C(=C\C1CCCCCN1)/c1ccc2c(c1)OCO2. The zero-order valence-corrected chi connectivity index (χ0v) is 10.5. The van der Waals surface area contributed by atoms with E-state index in [4.69, 9.17) is 9.47 Å². The van der Waals surface area contributed by atoms with Gasteiger partial charge in [0.05, 0.1) is 0 Å². The third-order valence-corrected chi connectivity index (χ3v) is 3.52. The smallest absolute Gasteiger partial charge is 0.231 e. The summed E-state index contributed by atoms with van der Waals surface area (Å²) in [5.74, 6) is 1.70. The fraction of sp³-hybridized carbons (Fsp3) is 0.467. The van der Waals surface area contributed by atoms with Crippen molar-refractivity contribution in [2.75, 3.05) is 13.3 Å². The average Bonchev–Trinajstić information content (AvgIpc) is 2.70. The van der Waals surface area contributed by atoms with Crippen LogP contribution in [0.25, 0.3) is 6.08 Å². The fourth-order valence-electron chi connectivity index (χ4n) is 2.46. The monoisotopic (exact) mass is 245 g/mol. The summed E-state index contributed by atoms with van der Waals surface area (Å²) in [5.41, 5.74) is 1.17. The molecule has 1 saturated heterocycles. The summed E-state index contributed by atoms with van der Waals surface area (Å²) in [6.45, 7) is 1.48. The lowest BCUT2D eigenvalue weighted by Gasteiger charge is -2.10. The summed E-state index contributed by atoms with van der Waals surface area (Å²) in [7, 11) is 0. The Labute approximate surface area is 108 Å². The van der Waals surface area contributed by atoms with Crippen LogP contribution in [0, 0.1) is 0 Å². The predicted octanol–water partition coefficient (Wildman–Crippen LogP) is 2.96. The molecule has 1 unspecified atom stereocenters. The van der Waals surface area contributed by atoms with Crippen molar-refractivity contribution in [2.45, 2.75) is 31.7 Å². The molecule has 1 atom stereocenters. The van der Waals surface area contributed by atoms with E-state index in [-0.39, 0.29) is 0 Å². The van der Waals surface area contributed by atoms with Gasteiger partial charge in [0.1, 0.15) is 0 Å². The molecule has 0 aliphatic carbocycles. The lowest BCUT2D eigenvalue weighted by atomic mass is 10.1. The van der Waals surface area contributed by atoms with Crippen LogP contribution in [0.5, 0.6) is 11.5 Å². The second-order valence-corrected chi connectivity index (χ2v) is 4.88. The molecule has 0 amide bonds. The van der Waals surface area contributed by atoms with E-state index in [1.165, 1.54) is 31.2 Å². The Morgan fingerprint density at radius 3 is 3.06 bits per heavy atom. The van der Waals surface area contributed by atoms with Crippen molar-refractivity contribution in [3.05, 3.63) is 29.8 Å². The standard InChI is InChI=1S/C15H19NO2/c1-2-4-13(16-9-3-1)7-5-12-6-8-14-15(10-12)18-11-17-14/h5-8,10,13,16H,1-4,9,11H2/b7-5+. The summed E-state index contributed by atoms with van der Waals surface area (Å²) in [4.78, 5) is 0. The lowest BCUT2D eigenvalue weighted by Crippen LogP contribution is -2.25. The number of hydrogen-bond acceptors (Lipinski definition) is 3.